The number of methoxy groups -OCH3 is 1. The molecule has 0 saturated heterocycles. The smallest absolute Gasteiger partial charge is 0.433 e. The Bertz CT molecular complexity index is 1530. The first-order valence-electron chi connectivity index (χ1n) is 12.5. The van der Waals surface area contributed by atoms with Crippen LogP contribution in [0.2, 0.25) is 0 Å². The van der Waals surface area contributed by atoms with Gasteiger partial charge in [0.15, 0.2) is 0 Å². The predicted octanol–water partition coefficient (Wildman–Crippen LogP) is 7.97. The summed E-state index contributed by atoms with van der Waals surface area (Å²) in [6, 6.07) is 9.90. The van der Waals surface area contributed by atoms with Crippen molar-refractivity contribution in [2.45, 2.75) is 24.9 Å². The van der Waals surface area contributed by atoms with Gasteiger partial charge in [0, 0.05) is 19.0 Å². The number of aromatic hydroxyl groups is 1. The number of phenols is 1. The number of nitrogens with zero attached hydrogens (tertiary/aromatic N) is 2. The van der Waals surface area contributed by atoms with E-state index in [-0.39, 0.29) is 36.1 Å². The average Bonchev–Trinajstić information content (AvgIpc) is 2.92. The maximum Gasteiger partial charge on any atom is 0.433 e. The number of rotatable bonds is 7. The van der Waals surface area contributed by atoms with Gasteiger partial charge in [-0.2, -0.15) is 39.5 Å². The highest BCUT2D eigenvalue weighted by Crippen LogP contribution is 2.47. The minimum absolute atomic E-state index is 0.0722. The van der Waals surface area contributed by atoms with Crippen LogP contribution in [0.15, 0.2) is 65.7 Å². The maximum atomic E-state index is 13.7. The molecule has 1 N–H and O–H groups in total. The van der Waals surface area contributed by atoms with Crippen LogP contribution in [-0.2, 0) is 18.8 Å². The van der Waals surface area contributed by atoms with Crippen LogP contribution in [0.5, 0.6) is 17.2 Å². The van der Waals surface area contributed by atoms with Gasteiger partial charge in [-0.3, -0.25) is 4.99 Å². The Morgan fingerprint density at radius 3 is 2.09 bits per heavy atom. The van der Waals surface area contributed by atoms with E-state index in [1.54, 1.807) is 24.3 Å². The van der Waals surface area contributed by atoms with Gasteiger partial charge in [-0.1, -0.05) is 12.1 Å². The molecule has 0 aromatic heterocycles. The topological polar surface area (TPSA) is 54.3 Å². The van der Waals surface area contributed by atoms with Gasteiger partial charge in [0.05, 0.1) is 36.1 Å². The van der Waals surface area contributed by atoms with Gasteiger partial charge in [0.2, 0.25) is 0 Å². The zero-order valence-corrected chi connectivity index (χ0v) is 22.5. The van der Waals surface area contributed by atoms with Crippen LogP contribution in [0.25, 0.3) is 16.8 Å². The summed E-state index contributed by atoms with van der Waals surface area (Å²) in [5.41, 5.74) is -5.62. The number of phenolic OH excluding ortho intramolecular Hbond substituents is 1. The third-order valence-electron chi connectivity index (χ3n) is 6.50. The molecule has 0 aliphatic carbocycles. The van der Waals surface area contributed by atoms with Gasteiger partial charge in [0.1, 0.15) is 29.6 Å². The standard InChI is InChI=1S/C29H23F9N2O3/c1-40-15-39-24(29(36,37)38)14-22(40)21-6-7-23(43-9-8-16-4-3-5-20(10-16)42-2)25(26(21)41)17-11-18(27(30,31)32)13-19(12-17)28(33,34)35/h3-7,10-14,41H,8-9,15H2,1-2H3. The lowest BCUT2D eigenvalue weighted by atomic mass is 9.94. The van der Waals surface area contributed by atoms with Crippen molar-refractivity contribution in [2.24, 2.45) is 4.99 Å². The zero-order chi connectivity index (χ0) is 31.7. The summed E-state index contributed by atoms with van der Waals surface area (Å²) in [5, 5.41) is 11.3. The quantitative estimate of drug-likeness (QED) is 0.273. The molecule has 0 radical (unpaired) electrons. The first kappa shape index (κ1) is 31.6. The van der Waals surface area contributed by atoms with Crippen molar-refractivity contribution in [1.82, 2.24) is 4.90 Å². The van der Waals surface area contributed by atoms with Gasteiger partial charge >= 0.3 is 18.5 Å². The maximum absolute atomic E-state index is 13.7. The molecule has 0 spiro atoms. The minimum atomic E-state index is -5.19. The highest BCUT2D eigenvalue weighted by atomic mass is 19.4. The van der Waals surface area contributed by atoms with Gasteiger partial charge < -0.3 is 19.5 Å². The lowest BCUT2D eigenvalue weighted by Gasteiger charge is -2.27. The van der Waals surface area contributed by atoms with E-state index in [1.165, 1.54) is 25.1 Å². The van der Waals surface area contributed by atoms with E-state index in [0.29, 0.717) is 24.0 Å². The molecule has 3 aromatic rings. The highest BCUT2D eigenvalue weighted by Gasteiger charge is 2.39. The molecule has 3 aromatic carbocycles. The van der Waals surface area contributed by atoms with Crippen molar-refractivity contribution in [3.8, 4) is 28.4 Å². The normalized spacial score (nSPS) is 14.3. The molecule has 0 amide bonds. The number of ether oxygens (including phenoxy) is 2. The Morgan fingerprint density at radius 1 is 0.860 bits per heavy atom. The largest absolute Gasteiger partial charge is 0.506 e. The molecular formula is C29H23F9N2O3. The van der Waals surface area contributed by atoms with E-state index >= 15 is 0 Å². The molecule has 0 unspecified atom stereocenters. The lowest BCUT2D eigenvalue weighted by Crippen LogP contribution is -2.30. The molecule has 1 heterocycles. The van der Waals surface area contributed by atoms with E-state index in [4.69, 9.17) is 9.47 Å². The summed E-state index contributed by atoms with van der Waals surface area (Å²) >= 11 is 0. The fraction of sp³-hybridized carbons (Fsp3) is 0.276. The second kappa shape index (κ2) is 11.7. The molecular weight excluding hydrogens is 595 g/mol. The van der Waals surface area contributed by atoms with Gasteiger partial charge in [-0.15, -0.1) is 0 Å². The van der Waals surface area contributed by atoms with E-state index in [9.17, 15) is 44.6 Å². The van der Waals surface area contributed by atoms with Gasteiger partial charge in [-0.25, -0.2) is 0 Å². The monoisotopic (exact) mass is 618 g/mol. The first-order chi connectivity index (χ1) is 20.0. The van der Waals surface area contributed by atoms with Gasteiger partial charge in [-0.05, 0) is 59.7 Å². The van der Waals surface area contributed by atoms with Crippen molar-refractivity contribution < 1.29 is 54.1 Å². The summed E-state index contributed by atoms with van der Waals surface area (Å²) in [7, 11) is 2.81. The second-order valence-electron chi connectivity index (χ2n) is 9.49. The molecule has 1 aliphatic rings. The van der Waals surface area contributed by atoms with Crippen molar-refractivity contribution in [3.05, 3.63) is 82.9 Å². The molecule has 14 heteroatoms. The van der Waals surface area contributed by atoms with Crippen LogP contribution in [0.3, 0.4) is 0 Å². The molecule has 5 nitrogen and oxygen atoms in total. The molecule has 0 saturated carbocycles. The second-order valence-corrected chi connectivity index (χ2v) is 9.49. The Morgan fingerprint density at radius 2 is 1.51 bits per heavy atom. The van der Waals surface area contributed by atoms with Crippen LogP contribution in [0.1, 0.15) is 22.3 Å². The van der Waals surface area contributed by atoms with Crippen molar-refractivity contribution in [2.75, 3.05) is 27.4 Å². The van der Waals surface area contributed by atoms with E-state index in [2.05, 4.69) is 4.99 Å². The Hall–Kier alpha value is -4.36. The number of aliphatic imine (C=N–C) groups is 1. The van der Waals surface area contributed by atoms with E-state index in [1.807, 2.05) is 0 Å². The Balaban J connectivity index is 1.87. The number of hydrogen-bond acceptors (Lipinski definition) is 5. The predicted molar refractivity (Wildman–Crippen MR) is 140 cm³/mol. The molecule has 43 heavy (non-hydrogen) atoms. The van der Waals surface area contributed by atoms with E-state index < -0.39 is 58.9 Å². The SMILES string of the molecule is COc1cccc(CCOc2ccc(C3=CC(C(F)(F)F)=NCN3C)c(O)c2-c2cc(C(F)(F)F)cc(C(F)(F)F)c2)c1. The number of allylic oxidation sites excluding steroid dienone is 1. The molecule has 4 rings (SSSR count). The third kappa shape index (κ3) is 7.17. The summed E-state index contributed by atoms with van der Waals surface area (Å²) in [5.74, 6) is -0.635. The van der Waals surface area contributed by atoms with Crippen LogP contribution in [-0.4, -0.2) is 49.3 Å². The van der Waals surface area contributed by atoms with Gasteiger partial charge in [0.25, 0.3) is 0 Å². The molecule has 0 fully saturated rings. The fourth-order valence-electron chi connectivity index (χ4n) is 4.38. The molecule has 0 atom stereocenters. The third-order valence-corrected chi connectivity index (χ3v) is 6.50. The molecule has 1 aliphatic heterocycles. The van der Waals surface area contributed by atoms with Crippen LogP contribution >= 0.6 is 0 Å². The summed E-state index contributed by atoms with van der Waals surface area (Å²) in [4.78, 5) is 4.65. The van der Waals surface area contributed by atoms with Crippen LogP contribution in [0.4, 0.5) is 39.5 Å². The molecule has 0 bridgehead atoms. The Labute approximate surface area is 239 Å². The number of halogens is 9. The van der Waals surface area contributed by atoms with Crippen molar-refractivity contribution in [1.29, 1.82) is 0 Å². The number of hydrogen-bond donors (Lipinski definition) is 1. The average molecular weight is 618 g/mol. The summed E-state index contributed by atoms with van der Waals surface area (Å²) in [6.45, 7) is -0.604. The first-order valence-corrected chi connectivity index (χ1v) is 12.5. The van der Waals surface area contributed by atoms with Crippen LogP contribution in [0, 0.1) is 0 Å². The van der Waals surface area contributed by atoms with Crippen molar-refractivity contribution >= 4 is 11.4 Å². The lowest BCUT2D eigenvalue weighted by molar-refractivity contribution is -0.143. The summed E-state index contributed by atoms with van der Waals surface area (Å²) in [6.07, 6.45) is -14.4. The van der Waals surface area contributed by atoms with E-state index in [0.717, 1.165) is 11.6 Å². The van der Waals surface area contributed by atoms with Crippen LogP contribution < -0.4 is 9.47 Å². The zero-order valence-electron chi connectivity index (χ0n) is 22.5. The van der Waals surface area contributed by atoms with Crippen molar-refractivity contribution in [3.63, 3.8) is 0 Å². The fourth-order valence-corrected chi connectivity index (χ4v) is 4.38. The minimum Gasteiger partial charge on any atom is -0.506 e. The highest BCUT2D eigenvalue weighted by molar-refractivity contribution is 6.06. The summed E-state index contributed by atoms with van der Waals surface area (Å²) < 4.78 is 133. The number of benzene rings is 3. The number of alkyl halides is 9. The Kier molecular flexibility index (Phi) is 8.61. The molecule has 230 valence electrons.